The third-order valence-corrected chi connectivity index (χ3v) is 7.56. The van der Waals surface area contributed by atoms with Crippen LogP contribution in [-0.4, -0.2) is 78.3 Å². The Morgan fingerprint density at radius 2 is 1.78 bits per heavy atom. The highest BCUT2D eigenvalue weighted by atomic mass is 19.2. The van der Waals surface area contributed by atoms with Crippen molar-refractivity contribution < 1.29 is 32.9 Å². The summed E-state index contributed by atoms with van der Waals surface area (Å²) in [5, 5.41) is 37.5. The van der Waals surface area contributed by atoms with Crippen LogP contribution in [0.3, 0.4) is 0 Å². The fraction of sp³-hybridized carbons (Fsp3) is 0.583. The summed E-state index contributed by atoms with van der Waals surface area (Å²) in [7, 11) is 1.45. The number of rotatable bonds is 7. The van der Waals surface area contributed by atoms with Crippen molar-refractivity contribution in [2.45, 2.75) is 75.0 Å². The molecule has 0 spiro atoms. The normalized spacial score (nSPS) is 27.6. The molecule has 2 aliphatic rings. The standard InChI is InChI=1S/C24H29F3N6O4/c1-24(5-3-4-6-24)19-11-32(30-29-19)10-17-23(36-2)21(22(35)18(12-34)37-17)33-9-16(28-31-33)13-7-14(25)20(27)15(26)8-13/h7-9,11,17-18,21-23,34-35H,3-6,10,12H2,1-2H3/t17-,18-,21+,22+,23+/m1/s1. The quantitative estimate of drug-likeness (QED) is 0.453. The lowest BCUT2D eigenvalue weighted by Gasteiger charge is -2.43. The van der Waals surface area contributed by atoms with Crippen LogP contribution >= 0.6 is 0 Å². The molecule has 1 saturated heterocycles. The maximum atomic E-state index is 13.8. The predicted molar refractivity (Wildman–Crippen MR) is 123 cm³/mol. The van der Waals surface area contributed by atoms with Crippen LogP contribution in [0.4, 0.5) is 13.2 Å². The Hall–Kier alpha value is -2.87. The molecule has 10 nitrogen and oxygen atoms in total. The van der Waals surface area contributed by atoms with Crippen molar-refractivity contribution in [1.29, 1.82) is 0 Å². The Bertz CT molecular complexity index is 1220. The van der Waals surface area contributed by atoms with Crippen LogP contribution < -0.4 is 0 Å². The molecular weight excluding hydrogens is 493 g/mol. The van der Waals surface area contributed by atoms with Gasteiger partial charge < -0.3 is 19.7 Å². The average Bonchev–Trinajstić information content (AvgIpc) is 3.64. The Balaban J connectivity index is 1.42. The van der Waals surface area contributed by atoms with Crippen molar-refractivity contribution >= 4 is 0 Å². The van der Waals surface area contributed by atoms with Crippen LogP contribution in [0, 0.1) is 17.5 Å². The van der Waals surface area contributed by atoms with Crippen LogP contribution in [0.15, 0.2) is 24.5 Å². The fourth-order valence-electron chi connectivity index (χ4n) is 5.43. The van der Waals surface area contributed by atoms with Crippen molar-refractivity contribution in [2.75, 3.05) is 13.7 Å². The molecule has 5 rings (SSSR count). The number of hydrogen-bond donors (Lipinski definition) is 2. The van der Waals surface area contributed by atoms with Crippen LogP contribution in [0.5, 0.6) is 0 Å². The third-order valence-electron chi connectivity index (χ3n) is 7.56. The van der Waals surface area contributed by atoms with E-state index in [1.807, 2.05) is 6.20 Å². The minimum atomic E-state index is -1.58. The smallest absolute Gasteiger partial charge is 0.194 e. The van der Waals surface area contributed by atoms with E-state index in [-0.39, 0.29) is 23.2 Å². The van der Waals surface area contributed by atoms with Gasteiger partial charge in [-0.05, 0) is 25.0 Å². The second-order valence-electron chi connectivity index (χ2n) is 10.0. The largest absolute Gasteiger partial charge is 0.394 e. The predicted octanol–water partition coefficient (Wildman–Crippen LogP) is 2.16. The lowest BCUT2D eigenvalue weighted by atomic mass is 9.86. The second-order valence-corrected chi connectivity index (χ2v) is 10.0. The molecule has 37 heavy (non-hydrogen) atoms. The molecule has 0 amide bonds. The van der Waals surface area contributed by atoms with E-state index in [9.17, 15) is 23.4 Å². The summed E-state index contributed by atoms with van der Waals surface area (Å²) in [5.41, 5.74) is 0.928. The molecule has 5 atom stereocenters. The first kappa shape index (κ1) is 25.8. The van der Waals surface area contributed by atoms with Gasteiger partial charge in [0.25, 0.3) is 0 Å². The summed E-state index contributed by atoms with van der Waals surface area (Å²) < 4.78 is 55.6. The number of methoxy groups -OCH3 is 1. The summed E-state index contributed by atoms with van der Waals surface area (Å²) in [6, 6.07) is 0.758. The second kappa shape index (κ2) is 10.1. The van der Waals surface area contributed by atoms with Crippen molar-refractivity contribution in [3.8, 4) is 11.3 Å². The molecule has 2 aromatic heterocycles. The van der Waals surface area contributed by atoms with E-state index in [0.29, 0.717) is 0 Å². The van der Waals surface area contributed by atoms with Gasteiger partial charge in [-0.15, -0.1) is 10.2 Å². The van der Waals surface area contributed by atoms with Gasteiger partial charge in [-0.3, -0.25) is 0 Å². The van der Waals surface area contributed by atoms with E-state index >= 15 is 0 Å². The maximum absolute atomic E-state index is 13.8. The number of aliphatic hydroxyl groups is 2. The van der Waals surface area contributed by atoms with Crippen LogP contribution in [-0.2, 0) is 21.4 Å². The van der Waals surface area contributed by atoms with Gasteiger partial charge in [0.15, 0.2) is 17.5 Å². The van der Waals surface area contributed by atoms with Crippen LogP contribution in [0.1, 0.15) is 44.3 Å². The highest BCUT2D eigenvalue weighted by Gasteiger charge is 2.47. The van der Waals surface area contributed by atoms with Gasteiger partial charge in [-0.25, -0.2) is 22.5 Å². The van der Waals surface area contributed by atoms with Gasteiger partial charge in [-0.2, -0.15) is 0 Å². The van der Waals surface area contributed by atoms with Crippen molar-refractivity contribution in [3.05, 3.63) is 47.7 Å². The van der Waals surface area contributed by atoms with Gasteiger partial charge in [0, 0.05) is 24.3 Å². The van der Waals surface area contributed by atoms with Crippen molar-refractivity contribution in [3.63, 3.8) is 0 Å². The summed E-state index contributed by atoms with van der Waals surface area (Å²) in [6.45, 7) is 1.94. The van der Waals surface area contributed by atoms with Crippen LogP contribution in [0.25, 0.3) is 11.3 Å². The monoisotopic (exact) mass is 522 g/mol. The lowest BCUT2D eigenvalue weighted by Crippen LogP contribution is -2.57. The number of aromatic nitrogens is 6. The minimum Gasteiger partial charge on any atom is -0.394 e. The topological polar surface area (TPSA) is 120 Å². The molecule has 3 aromatic rings. The van der Waals surface area contributed by atoms with E-state index in [0.717, 1.165) is 43.5 Å². The van der Waals surface area contributed by atoms with Gasteiger partial charge >= 0.3 is 0 Å². The molecule has 2 N–H and O–H groups in total. The fourth-order valence-corrected chi connectivity index (χ4v) is 5.43. The van der Waals surface area contributed by atoms with Crippen molar-refractivity contribution in [1.82, 2.24) is 30.0 Å². The molecule has 1 aliphatic heterocycles. The summed E-state index contributed by atoms with van der Waals surface area (Å²) in [4.78, 5) is 0. The summed E-state index contributed by atoms with van der Waals surface area (Å²) in [6.07, 6.45) is 4.02. The first-order chi connectivity index (χ1) is 17.7. The number of benzene rings is 1. The van der Waals surface area contributed by atoms with Gasteiger partial charge in [0.05, 0.1) is 25.0 Å². The zero-order chi connectivity index (χ0) is 26.3. The Morgan fingerprint density at radius 3 is 2.43 bits per heavy atom. The molecule has 0 bridgehead atoms. The number of nitrogens with zero attached hydrogens (tertiary/aromatic N) is 6. The molecule has 3 heterocycles. The van der Waals surface area contributed by atoms with E-state index < -0.39 is 54.5 Å². The Labute approximate surface area is 211 Å². The number of ether oxygens (including phenoxy) is 2. The van der Waals surface area contributed by atoms with E-state index in [1.165, 1.54) is 18.0 Å². The molecule has 13 heteroatoms. The third kappa shape index (κ3) is 4.76. The van der Waals surface area contributed by atoms with E-state index in [4.69, 9.17) is 9.47 Å². The van der Waals surface area contributed by atoms with E-state index in [1.54, 1.807) is 4.68 Å². The molecule has 1 aliphatic carbocycles. The SMILES string of the molecule is CO[C@@H]1[C@@H](n2cc(-c3cc(F)c(F)c(F)c3)nn2)[C@@H](O)[C@@H](CO)O[C@@H]1Cn1cc(C2(C)CCCC2)nn1. The van der Waals surface area contributed by atoms with Gasteiger partial charge in [0.2, 0.25) is 0 Å². The molecule has 1 aromatic carbocycles. The molecule has 1 saturated carbocycles. The number of aliphatic hydroxyl groups excluding tert-OH is 2. The number of halogens is 3. The number of hydrogen-bond acceptors (Lipinski definition) is 8. The molecule has 2 fully saturated rings. The van der Waals surface area contributed by atoms with Gasteiger partial charge in [0.1, 0.15) is 36.2 Å². The highest BCUT2D eigenvalue weighted by Crippen LogP contribution is 2.39. The van der Waals surface area contributed by atoms with E-state index in [2.05, 4.69) is 27.5 Å². The first-order valence-electron chi connectivity index (χ1n) is 12.2. The lowest BCUT2D eigenvalue weighted by molar-refractivity contribution is -0.216. The Morgan fingerprint density at radius 1 is 1.08 bits per heavy atom. The van der Waals surface area contributed by atoms with Crippen LogP contribution in [0.2, 0.25) is 0 Å². The van der Waals surface area contributed by atoms with Crippen molar-refractivity contribution in [2.24, 2.45) is 0 Å². The summed E-state index contributed by atoms with van der Waals surface area (Å²) in [5.74, 6) is -4.30. The molecule has 200 valence electrons. The molecule has 0 radical (unpaired) electrons. The molecule has 0 unspecified atom stereocenters. The zero-order valence-electron chi connectivity index (χ0n) is 20.5. The zero-order valence-corrected chi connectivity index (χ0v) is 20.5. The average molecular weight is 523 g/mol. The first-order valence-corrected chi connectivity index (χ1v) is 12.2. The molecular formula is C24H29F3N6O4. The summed E-state index contributed by atoms with van der Waals surface area (Å²) >= 11 is 0. The Kier molecular flexibility index (Phi) is 7.05. The highest BCUT2D eigenvalue weighted by molar-refractivity contribution is 5.57. The maximum Gasteiger partial charge on any atom is 0.194 e. The minimum absolute atomic E-state index is 0.0187. The van der Waals surface area contributed by atoms with Gasteiger partial charge in [-0.1, -0.05) is 30.2 Å².